The van der Waals surface area contributed by atoms with E-state index in [9.17, 15) is 13.2 Å². The van der Waals surface area contributed by atoms with Crippen LogP contribution in [-0.4, -0.2) is 12.8 Å². The average molecular weight is 256 g/mol. The van der Waals surface area contributed by atoms with Gasteiger partial charge in [-0.25, -0.2) is 0 Å². The first kappa shape index (κ1) is 15.1. The van der Waals surface area contributed by atoms with E-state index in [1.165, 1.54) is 12.1 Å². The first-order valence-electron chi connectivity index (χ1n) is 4.43. The molecule has 0 saturated carbocycles. The molecule has 1 aromatic rings. The van der Waals surface area contributed by atoms with Crippen molar-refractivity contribution >= 4 is 12.4 Å². The van der Waals surface area contributed by atoms with Crippen LogP contribution in [0.5, 0.6) is 5.75 Å². The number of halogens is 4. The van der Waals surface area contributed by atoms with Crippen molar-refractivity contribution in [3.8, 4) is 5.75 Å². The maximum Gasteiger partial charge on any atom is 0.422 e. The molecule has 0 aliphatic heterocycles. The highest BCUT2D eigenvalue weighted by atomic mass is 35.5. The molecule has 1 aromatic carbocycles. The fraction of sp³-hybridized carbons (Fsp3) is 0.400. The number of benzene rings is 1. The van der Waals surface area contributed by atoms with E-state index in [1.54, 1.807) is 19.1 Å². The predicted molar refractivity (Wildman–Crippen MR) is 57.8 cm³/mol. The topological polar surface area (TPSA) is 35.2 Å². The molecule has 0 bridgehead atoms. The number of hydrogen-bond donors (Lipinski definition) is 1. The Labute approximate surface area is 98.0 Å². The van der Waals surface area contributed by atoms with Gasteiger partial charge < -0.3 is 10.5 Å². The molecule has 0 fully saturated rings. The van der Waals surface area contributed by atoms with Crippen molar-refractivity contribution in [3.05, 3.63) is 29.8 Å². The van der Waals surface area contributed by atoms with Gasteiger partial charge in [0.1, 0.15) is 5.75 Å². The van der Waals surface area contributed by atoms with Gasteiger partial charge in [0.25, 0.3) is 0 Å². The van der Waals surface area contributed by atoms with Crippen molar-refractivity contribution in [3.63, 3.8) is 0 Å². The Morgan fingerprint density at radius 2 is 1.75 bits per heavy atom. The maximum absolute atomic E-state index is 11.8. The van der Waals surface area contributed by atoms with Crippen molar-refractivity contribution < 1.29 is 17.9 Å². The summed E-state index contributed by atoms with van der Waals surface area (Å²) < 4.78 is 40.0. The van der Waals surface area contributed by atoms with Crippen LogP contribution in [0.25, 0.3) is 0 Å². The molecule has 0 saturated heterocycles. The van der Waals surface area contributed by atoms with Crippen LogP contribution in [0.4, 0.5) is 13.2 Å². The summed E-state index contributed by atoms with van der Waals surface area (Å²) in [4.78, 5) is 0. The molecule has 0 amide bonds. The summed E-state index contributed by atoms with van der Waals surface area (Å²) in [5.74, 6) is 0.191. The van der Waals surface area contributed by atoms with Crippen LogP contribution in [0.2, 0.25) is 0 Å². The van der Waals surface area contributed by atoms with Crippen molar-refractivity contribution in [2.45, 2.75) is 19.1 Å². The van der Waals surface area contributed by atoms with E-state index in [4.69, 9.17) is 5.73 Å². The molecule has 2 N–H and O–H groups in total. The maximum atomic E-state index is 11.8. The van der Waals surface area contributed by atoms with Crippen LogP contribution in [0, 0.1) is 0 Å². The molecule has 0 aromatic heterocycles. The third kappa shape index (κ3) is 5.23. The van der Waals surface area contributed by atoms with Gasteiger partial charge in [0.2, 0.25) is 0 Å². The van der Waals surface area contributed by atoms with Crippen molar-refractivity contribution in [2.75, 3.05) is 6.61 Å². The van der Waals surface area contributed by atoms with Crippen LogP contribution < -0.4 is 10.5 Å². The molecule has 0 unspecified atom stereocenters. The summed E-state index contributed by atoms with van der Waals surface area (Å²) in [6.07, 6.45) is -4.31. The first-order chi connectivity index (χ1) is 6.88. The van der Waals surface area contributed by atoms with Crippen molar-refractivity contribution in [1.82, 2.24) is 0 Å². The minimum atomic E-state index is -4.31. The Bertz CT molecular complexity index is 311. The number of nitrogens with two attached hydrogens (primary N) is 1. The third-order valence-corrected chi connectivity index (χ3v) is 1.81. The number of ether oxygens (including phenoxy) is 1. The van der Waals surface area contributed by atoms with E-state index >= 15 is 0 Å². The second kappa shape index (κ2) is 5.96. The lowest BCUT2D eigenvalue weighted by Gasteiger charge is -2.10. The standard InChI is InChI=1S/C10H12F3NO.ClH/c1-7(14)8-2-4-9(5-3-8)15-6-10(11,12)13;/h2-5,7H,6,14H2,1H3;1H/t7-;/m0./s1. The molecule has 16 heavy (non-hydrogen) atoms. The second-order valence-electron chi connectivity index (χ2n) is 3.26. The molecule has 1 rings (SSSR count). The van der Waals surface area contributed by atoms with Crippen LogP contribution in [0.15, 0.2) is 24.3 Å². The third-order valence-electron chi connectivity index (χ3n) is 1.81. The van der Waals surface area contributed by atoms with Gasteiger partial charge in [0, 0.05) is 6.04 Å². The van der Waals surface area contributed by atoms with Gasteiger partial charge >= 0.3 is 6.18 Å². The van der Waals surface area contributed by atoms with Gasteiger partial charge in [-0.1, -0.05) is 12.1 Å². The van der Waals surface area contributed by atoms with Crippen LogP contribution >= 0.6 is 12.4 Å². The lowest BCUT2D eigenvalue weighted by Crippen LogP contribution is -2.19. The summed E-state index contributed by atoms with van der Waals surface area (Å²) in [5, 5.41) is 0. The van der Waals surface area contributed by atoms with E-state index in [0.717, 1.165) is 5.56 Å². The molecule has 2 nitrogen and oxygen atoms in total. The summed E-state index contributed by atoms with van der Waals surface area (Å²) in [5.41, 5.74) is 6.44. The van der Waals surface area contributed by atoms with Crippen molar-refractivity contribution in [1.29, 1.82) is 0 Å². The van der Waals surface area contributed by atoms with Crippen molar-refractivity contribution in [2.24, 2.45) is 5.73 Å². The molecule has 0 spiro atoms. The lowest BCUT2D eigenvalue weighted by molar-refractivity contribution is -0.153. The Kier molecular flexibility index (Phi) is 5.61. The van der Waals surface area contributed by atoms with Gasteiger partial charge in [0.15, 0.2) is 6.61 Å². The molecule has 1 atom stereocenters. The molecule has 0 aliphatic carbocycles. The Hall–Kier alpha value is -0.940. The molecule has 0 heterocycles. The minimum absolute atomic E-state index is 0. The summed E-state index contributed by atoms with van der Waals surface area (Å²) in [6.45, 7) is 0.524. The fourth-order valence-electron chi connectivity index (χ4n) is 1.03. The highest BCUT2D eigenvalue weighted by Crippen LogP contribution is 2.20. The van der Waals surface area contributed by atoms with E-state index < -0.39 is 12.8 Å². The average Bonchev–Trinajstić information content (AvgIpc) is 2.14. The van der Waals surface area contributed by atoms with E-state index in [2.05, 4.69) is 4.74 Å². The van der Waals surface area contributed by atoms with Gasteiger partial charge in [0.05, 0.1) is 0 Å². The van der Waals surface area contributed by atoms with E-state index in [-0.39, 0.29) is 24.2 Å². The largest absolute Gasteiger partial charge is 0.484 e. The van der Waals surface area contributed by atoms with Gasteiger partial charge in [-0.3, -0.25) is 0 Å². The zero-order chi connectivity index (χ0) is 11.5. The second-order valence-corrected chi connectivity index (χ2v) is 3.26. The quantitative estimate of drug-likeness (QED) is 0.901. The van der Waals surface area contributed by atoms with Gasteiger partial charge in [-0.05, 0) is 24.6 Å². The molecule has 6 heteroatoms. The Morgan fingerprint density at radius 3 is 2.12 bits per heavy atom. The highest BCUT2D eigenvalue weighted by molar-refractivity contribution is 5.85. The fourth-order valence-corrected chi connectivity index (χ4v) is 1.03. The van der Waals surface area contributed by atoms with Crippen LogP contribution in [0.3, 0.4) is 0 Å². The summed E-state index contributed by atoms with van der Waals surface area (Å²) >= 11 is 0. The molecule has 92 valence electrons. The zero-order valence-electron chi connectivity index (χ0n) is 8.62. The zero-order valence-corrected chi connectivity index (χ0v) is 9.44. The Balaban J connectivity index is 0.00000225. The minimum Gasteiger partial charge on any atom is -0.484 e. The number of alkyl halides is 3. The molecular weight excluding hydrogens is 243 g/mol. The monoisotopic (exact) mass is 255 g/mol. The number of rotatable bonds is 3. The molecule has 0 aliphatic rings. The smallest absolute Gasteiger partial charge is 0.422 e. The van der Waals surface area contributed by atoms with E-state index in [0.29, 0.717) is 0 Å². The summed E-state index contributed by atoms with van der Waals surface area (Å²) in [7, 11) is 0. The van der Waals surface area contributed by atoms with Crippen LogP contribution in [0.1, 0.15) is 18.5 Å². The highest BCUT2D eigenvalue weighted by Gasteiger charge is 2.28. The lowest BCUT2D eigenvalue weighted by atomic mass is 10.1. The number of hydrogen-bond acceptors (Lipinski definition) is 2. The molecular formula is C10H13ClF3NO. The first-order valence-corrected chi connectivity index (χ1v) is 4.43. The normalized spacial score (nSPS) is 12.8. The van der Waals surface area contributed by atoms with E-state index in [1.807, 2.05) is 0 Å². The van der Waals surface area contributed by atoms with Gasteiger partial charge in [-0.15, -0.1) is 12.4 Å². The predicted octanol–water partition coefficient (Wildman–Crippen LogP) is 3.07. The Morgan fingerprint density at radius 1 is 1.25 bits per heavy atom. The molecule has 0 radical (unpaired) electrons. The van der Waals surface area contributed by atoms with Gasteiger partial charge in [-0.2, -0.15) is 13.2 Å². The van der Waals surface area contributed by atoms with Crippen LogP contribution in [-0.2, 0) is 0 Å². The summed E-state index contributed by atoms with van der Waals surface area (Å²) in [6, 6.07) is 6.11. The SMILES string of the molecule is C[C@H](N)c1ccc(OCC(F)(F)F)cc1.Cl.